The van der Waals surface area contributed by atoms with Gasteiger partial charge in [-0.25, -0.2) is 14.3 Å². The van der Waals surface area contributed by atoms with Gasteiger partial charge in [0.15, 0.2) is 11.6 Å². The predicted octanol–water partition coefficient (Wildman–Crippen LogP) is 4.82. The molecule has 3 N–H and O–H groups in total. The number of aliphatic hydroxyl groups excluding tert-OH is 1. The van der Waals surface area contributed by atoms with Gasteiger partial charge in [-0.05, 0) is 88.1 Å². The van der Waals surface area contributed by atoms with Gasteiger partial charge in [0.25, 0.3) is 5.91 Å². The van der Waals surface area contributed by atoms with Gasteiger partial charge in [0, 0.05) is 14.7 Å². The highest BCUT2D eigenvalue weighted by Crippen LogP contribution is 2.45. The summed E-state index contributed by atoms with van der Waals surface area (Å²) in [5.74, 6) is -2.99. The Kier molecular flexibility index (Phi) is 6.58. The zero-order valence-electron chi connectivity index (χ0n) is 14.9. The number of amides is 1. The lowest BCUT2D eigenvalue weighted by Crippen LogP contribution is -2.29. The quantitative estimate of drug-likeness (QED) is 0.255. The highest BCUT2D eigenvalue weighted by atomic mass is 127. The zero-order valence-corrected chi connectivity index (χ0v) is 18.7. The number of carbonyl (C=O) groups excluding carboxylic acids is 1. The van der Waals surface area contributed by atoms with Crippen LogP contribution in [-0.4, -0.2) is 24.2 Å². The largest absolute Gasteiger partial charge is 0.396 e. The minimum Gasteiger partial charge on any atom is -0.396 e. The first-order chi connectivity index (χ1) is 13.3. The third kappa shape index (κ3) is 4.64. The van der Waals surface area contributed by atoms with Crippen LogP contribution in [0.4, 0.5) is 20.2 Å². The minimum absolute atomic E-state index is 0.0293. The number of halogens is 4. The standard InChI is InChI=1S/C19H18BrF2IN2O3/c1-10-6-11(23)2-3-14(10)24-17-12(7-13(20)15(21)16(17)22)18(27)25-28-9-19(8-26)4-5-19/h2-3,6-7,24,26H,4-5,8-9H2,1H3,(H,25,27). The number of benzene rings is 2. The molecular formula is C19H18BrF2IN2O3. The summed E-state index contributed by atoms with van der Waals surface area (Å²) >= 11 is 5.08. The van der Waals surface area contributed by atoms with E-state index in [0.29, 0.717) is 5.69 Å². The van der Waals surface area contributed by atoms with Crippen LogP contribution in [0.5, 0.6) is 0 Å². The van der Waals surface area contributed by atoms with Crippen molar-refractivity contribution in [3.63, 3.8) is 0 Å². The van der Waals surface area contributed by atoms with E-state index in [-0.39, 0.29) is 34.4 Å². The summed E-state index contributed by atoms with van der Waals surface area (Å²) in [6.07, 6.45) is 1.63. The molecule has 0 heterocycles. The number of carbonyl (C=O) groups is 1. The maximum atomic E-state index is 14.6. The zero-order chi connectivity index (χ0) is 20.5. The summed E-state index contributed by atoms with van der Waals surface area (Å²) in [6, 6.07) is 6.62. The van der Waals surface area contributed by atoms with Crippen molar-refractivity contribution in [1.82, 2.24) is 5.48 Å². The molecule has 1 aliphatic carbocycles. The van der Waals surface area contributed by atoms with E-state index < -0.39 is 17.5 Å². The van der Waals surface area contributed by atoms with Gasteiger partial charge in [0.05, 0.1) is 28.9 Å². The molecule has 1 fully saturated rings. The summed E-state index contributed by atoms with van der Waals surface area (Å²) in [4.78, 5) is 17.8. The van der Waals surface area contributed by atoms with Crippen molar-refractivity contribution in [3.05, 3.63) is 55.1 Å². The van der Waals surface area contributed by atoms with Gasteiger partial charge < -0.3 is 10.4 Å². The van der Waals surface area contributed by atoms with Gasteiger partial charge >= 0.3 is 0 Å². The fraction of sp³-hybridized carbons (Fsp3) is 0.316. The normalized spacial score (nSPS) is 14.6. The molecule has 0 bridgehead atoms. The van der Waals surface area contributed by atoms with Crippen molar-refractivity contribution >= 4 is 55.8 Å². The highest BCUT2D eigenvalue weighted by molar-refractivity contribution is 14.1. The number of hydrogen-bond donors (Lipinski definition) is 3. The Morgan fingerprint density at radius 3 is 2.64 bits per heavy atom. The van der Waals surface area contributed by atoms with Gasteiger partial charge in [-0.2, -0.15) is 0 Å². The van der Waals surface area contributed by atoms with E-state index in [1.54, 1.807) is 6.07 Å². The van der Waals surface area contributed by atoms with Gasteiger partial charge in [0.2, 0.25) is 0 Å². The molecule has 0 spiro atoms. The van der Waals surface area contributed by atoms with E-state index in [1.165, 1.54) is 6.07 Å². The Morgan fingerprint density at radius 1 is 1.32 bits per heavy atom. The molecule has 1 saturated carbocycles. The van der Waals surface area contributed by atoms with E-state index in [2.05, 4.69) is 49.3 Å². The predicted molar refractivity (Wildman–Crippen MR) is 113 cm³/mol. The molecule has 0 saturated heterocycles. The number of rotatable bonds is 7. The summed E-state index contributed by atoms with van der Waals surface area (Å²) in [7, 11) is 0. The second kappa shape index (κ2) is 8.60. The minimum atomic E-state index is -1.17. The van der Waals surface area contributed by atoms with Crippen LogP contribution in [0.3, 0.4) is 0 Å². The lowest BCUT2D eigenvalue weighted by molar-refractivity contribution is -0.0000446. The Bertz CT molecular complexity index is 923. The number of nitrogens with one attached hydrogen (secondary N) is 2. The van der Waals surface area contributed by atoms with Crippen LogP contribution in [0.15, 0.2) is 28.7 Å². The molecule has 0 aliphatic heterocycles. The Balaban J connectivity index is 1.86. The van der Waals surface area contributed by atoms with Crippen LogP contribution in [0.2, 0.25) is 0 Å². The Morgan fingerprint density at radius 2 is 2.04 bits per heavy atom. The first-order valence-electron chi connectivity index (χ1n) is 8.50. The lowest BCUT2D eigenvalue weighted by atomic mass is 10.1. The second-order valence-electron chi connectivity index (χ2n) is 6.87. The van der Waals surface area contributed by atoms with E-state index in [4.69, 9.17) is 4.84 Å². The molecule has 5 nitrogen and oxygen atoms in total. The summed E-state index contributed by atoms with van der Waals surface area (Å²) in [5.41, 5.74) is 2.90. The van der Waals surface area contributed by atoms with Crippen molar-refractivity contribution in [2.24, 2.45) is 5.41 Å². The number of aryl methyl sites for hydroxylation is 1. The van der Waals surface area contributed by atoms with Crippen LogP contribution >= 0.6 is 38.5 Å². The average molecular weight is 567 g/mol. The summed E-state index contributed by atoms with van der Waals surface area (Å²) < 4.78 is 29.6. The topological polar surface area (TPSA) is 70.6 Å². The van der Waals surface area contributed by atoms with Crippen molar-refractivity contribution in [1.29, 1.82) is 0 Å². The first kappa shape index (κ1) is 21.4. The van der Waals surface area contributed by atoms with Gasteiger partial charge in [-0.3, -0.25) is 9.63 Å². The van der Waals surface area contributed by atoms with Crippen molar-refractivity contribution < 1.29 is 23.5 Å². The molecule has 28 heavy (non-hydrogen) atoms. The van der Waals surface area contributed by atoms with Crippen LogP contribution in [0, 0.1) is 27.5 Å². The van der Waals surface area contributed by atoms with Gasteiger partial charge in [-0.15, -0.1) is 0 Å². The number of hydroxylamine groups is 1. The van der Waals surface area contributed by atoms with E-state index in [0.717, 1.165) is 22.0 Å². The second-order valence-corrected chi connectivity index (χ2v) is 8.97. The van der Waals surface area contributed by atoms with Crippen molar-refractivity contribution in [2.45, 2.75) is 19.8 Å². The molecule has 2 aromatic carbocycles. The first-order valence-corrected chi connectivity index (χ1v) is 10.4. The molecule has 9 heteroatoms. The molecule has 150 valence electrons. The number of aliphatic hydroxyl groups is 1. The summed E-state index contributed by atoms with van der Waals surface area (Å²) in [5, 5.41) is 12.1. The molecular weight excluding hydrogens is 549 g/mol. The third-order valence-electron chi connectivity index (χ3n) is 4.69. The smallest absolute Gasteiger partial charge is 0.277 e. The molecule has 3 rings (SSSR count). The third-order valence-corrected chi connectivity index (χ3v) is 5.94. The average Bonchev–Trinajstić information content (AvgIpc) is 3.44. The van der Waals surface area contributed by atoms with E-state index >= 15 is 0 Å². The molecule has 2 aromatic rings. The maximum Gasteiger partial charge on any atom is 0.277 e. The maximum absolute atomic E-state index is 14.6. The molecule has 0 atom stereocenters. The van der Waals surface area contributed by atoms with Crippen molar-refractivity contribution in [2.75, 3.05) is 18.5 Å². The van der Waals surface area contributed by atoms with E-state index in [1.807, 2.05) is 19.1 Å². The Labute approximate surface area is 183 Å². The SMILES string of the molecule is Cc1cc(I)ccc1Nc1c(C(=O)NOCC2(CO)CC2)cc(Br)c(F)c1F. The highest BCUT2D eigenvalue weighted by Gasteiger charge is 2.42. The Hall–Kier alpha value is -1.30. The fourth-order valence-corrected chi connectivity index (χ4v) is 3.68. The van der Waals surface area contributed by atoms with Gasteiger partial charge in [0.1, 0.15) is 0 Å². The monoisotopic (exact) mass is 566 g/mol. The van der Waals surface area contributed by atoms with E-state index in [9.17, 15) is 18.7 Å². The summed E-state index contributed by atoms with van der Waals surface area (Å²) in [6.45, 7) is 1.95. The van der Waals surface area contributed by atoms with Crippen LogP contribution in [0.25, 0.3) is 0 Å². The lowest BCUT2D eigenvalue weighted by Gasteiger charge is -2.17. The molecule has 0 aromatic heterocycles. The van der Waals surface area contributed by atoms with Crippen LogP contribution in [0.1, 0.15) is 28.8 Å². The molecule has 0 radical (unpaired) electrons. The molecule has 1 amide bonds. The fourth-order valence-electron chi connectivity index (χ4n) is 2.63. The number of anilines is 2. The molecule has 1 aliphatic rings. The van der Waals surface area contributed by atoms with Gasteiger partial charge in [-0.1, -0.05) is 0 Å². The molecule has 0 unspecified atom stereocenters. The number of hydrogen-bond acceptors (Lipinski definition) is 4. The van der Waals surface area contributed by atoms with Crippen LogP contribution < -0.4 is 10.8 Å². The van der Waals surface area contributed by atoms with Crippen molar-refractivity contribution in [3.8, 4) is 0 Å². The van der Waals surface area contributed by atoms with Crippen LogP contribution in [-0.2, 0) is 4.84 Å².